The van der Waals surface area contributed by atoms with Crippen molar-refractivity contribution in [3.05, 3.63) is 29.8 Å². The van der Waals surface area contributed by atoms with Gasteiger partial charge in [0.05, 0.1) is 6.10 Å². The van der Waals surface area contributed by atoms with Crippen LogP contribution in [0.25, 0.3) is 0 Å². The lowest BCUT2D eigenvalue weighted by Crippen LogP contribution is -2.33. The van der Waals surface area contributed by atoms with Crippen LogP contribution in [0.5, 0.6) is 5.75 Å². The van der Waals surface area contributed by atoms with Gasteiger partial charge < -0.3 is 15.9 Å². The van der Waals surface area contributed by atoms with Crippen LogP contribution in [0.1, 0.15) is 25.5 Å². The molecule has 0 aliphatic heterocycles. The van der Waals surface area contributed by atoms with Crippen molar-refractivity contribution >= 4 is 12.4 Å². The van der Waals surface area contributed by atoms with Gasteiger partial charge in [0.15, 0.2) is 0 Å². The summed E-state index contributed by atoms with van der Waals surface area (Å²) in [6, 6.07) is 6.18. The van der Waals surface area contributed by atoms with E-state index < -0.39 is 6.10 Å². The number of aliphatic hydroxyl groups excluding tert-OH is 1. The van der Waals surface area contributed by atoms with Crippen molar-refractivity contribution < 1.29 is 10.2 Å². The standard InChI is InChI=1S/C11H17NO2.ClH/c1-7(2)10(12)11(14)8-3-5-9(13)6-4-8;/h3-7,10-11,13-14H,12H2,1-2H3;1H. The minimum atomic E-state index is -0.671. The number of rotatable bonds is 3. The van der Waals surface area contributed by atoms with Crippen molar-refractivity contribution in [3.8, 4) is 5.75 Å². The summed E-state index contributed by atoms with van der Waals surface area (Å²) >= 11 is 0. The molecule has 0 bridgehead atoms. The van der Waals surface area contributed by atoms with Gasteiger partial charge >= 0.3 is 0 Å². The van der Waals surface area contributed by atoms with E-state index in [1.54, 1.807) is 24.3 Å². The summed E-state index contributed by atoms with van der Waals surface area (Å²) < 4.78 is 0. The zero-order valence-corrected chi connectivity index (χ0v) is 9.74. The van der Waals surface area contributed by atoms with E-state index in [0.29, 0.717) is 0 Å². The van der Waals surface area contributed by atoms with E-state index in [0.717, 1.165) is 5.56 Å². The lowest BCUT2D eigenvalue weighted by Gasteiger charge is -2.22. The molecule has 2 atom stereocenters. The Morgan fingerprint density at radius 1 is 1.13 bits per heavy atom. The fourth-order valence-electron chi connectivity index (χ4n) is 1.26. The summed E-state index contributed by atoms with van der Waals surface area (Å²) in [5, 5.41) is 18.9. The van der Waals surface area contributed by atoms with Crippen LogP contribution in [0.15, 0.2) is 24.3 Å². The van der Waals surface area contributed by atoms with Gasteiger partial charge in [0.2, 0.25) is 0 Å². The molecule has 1 rings (SSSR count). The van der Waals surface area contributed by atoms with Crippen LogP contribution in [0, 0.1) is 5.92 Å². The third-order valence-corrected chi connectivity index (χ3v) is 2.37. The maximum absolute atomic E-state index is 9.84. The first-order valence-corrected chi connectivity index (χ1v) is 4.75. The molecule has 0 aromatic heterocycles. The molecule has 1 aromatic carbocycles. The fourth-order valence-corrected chi connectivity index (χ4v) is 1.26. The Morgan fingerprint density at radius 3 is 2.00 bits per heavy atom. The second kappa shape index (κ2) is 5.95. The minimum absolute atomic E-state index is 0. The highest BCUT2D eigenvalue weighted by Gasteiger charge is 2.19. The van der Waals surface area contributed by atoms with Crippen LogP contribution >= 0.6 is 12.4 Å². The average molecular weight is 232 g/mol. The van der Waals surface area contributed by atoms with Gasteiger partial charge in [-0.15, -0.1) is 12.4 Å². The van der Waals surface area contributed by atoms with Crippen LogP contribution in [0.3, 0.4) is 0 Å². The molecule has 4 N–H and O–H groups in total. The van der Waals surface area contributed by atoms with Gasteiger partial charge in [-0.2, -0.15) is 0 Å². The number of phenols is 1. The van der Waals surface area contributed by atoms with E-state index in [1.165, 1.54) is 0 Å². The lowest BCUT2D eigenvalue weighted by atomic mass is 9.94. The zero-order chi connectivity index (χ0) is 10.7. The summed E-state index contributed by atoms with van der Waals surface area (Å²) in [5.74, 6) is 0.415. The van der Waals surface area contributed by atoms with Crippen molar-refractivity contribution in [2.24, 2.45) is 11.7 Å². The highest BCUT2D eigenvalue weighted by atomic mass is 35.5. The molecular formula is C11H18ClNO2. The number of benzene rings is 1. The Bertz CT molecular complexity index is 287. The molecule has 3 nitrogen and oxygen atoms in total. The topological polar surface area (TPSA) is 66.5 Å². The van der Waals surface area contributed by atoms with Crippen molar-refractivity contribution in [1.29, 1.82) is 0 Å². The van der Waals surface area contributed by atoms with Crippen molar-refractivity contribution in [1.82, 2.24) is 0 Å². The van der Waals surface area contributed by atoms with E-state index in [-0.39, 0.29) is 30.1 Å². The maximum Gasteiger partial charge on any atom is 0.115 e. The number of hydrogen-bond donors (Lipinski definition) is 3. The van der Waals surface area contributed by atoms with Gasteiger partial charge in [0.25, 0.3) is 0 Å². The number of hydrogen-bond acceptors (Lipinski definition) is 3. The molecule has 0 radical (unpaired) electrons. The molecule has 4 heteroatoms. The lowest BCUT2D eigenvalue weighted by molar-refractivity contribution is 0.125. The molecular weight excluding hydrogens is 214 g/mol. The average Bonchev–Trinajstić information content (AvgIpc) is 2.16. The Kier molecular flexibility index (Phi) is 5.65. The normalized spacial score (nSPS) is 14.5. The molecule has 0 aliphatic rings. The molecule has 2 unspecified atom stereocenters. The highest BCUT2D eigenvalue weighted by molar-refractivity contribution is 5.85. The predicted molar refractivity (Wildman–Crippen MR) is 63.1 cm³/mol. The quantitative estimate of drug-likeness (QED) is 0.744. The van der Waals surface area contributed by atoms with Gasteiger partial charge in [0.1, 0.15) is 5.75 Å². The largest absolute Gasteiger partial charge is 0.508 e. The van der Waals surface area contributed by atoms with E-state index in [2.05, 4.69) is 0 Å². The number of nitrogens with two attached hydrogens (primary N) is 1. The molecule has 0 saturated carbocycles. The number of aromatic hydroxyl groups is 1. The molecule has 0 fully saturated rings. The van der Waals surface area contributed by atoms with Crippen molar-refractivity contribution in [2.75, 3.05) is 0 Å². The monoisotopic (exact) mass is 231 g/mol. The molecule has 0 amide bonds. The third-order valence-electron chi connectivity index (χ3n) is 2.37. The summed E-state index contributed by atoms with van der Waals surface area (Å²) in [5.41, 5.74) is 6.56. The minimum Gasteiger partial charge on any atom is -0.508 e. The first-order chi connectivity index (χ1) is 6.52. The Balaban J connectivity index is 0.00000196. The van der Waals surface area contributed by atoms with Crippen molar-refractivity contribution in [2.45, 2.75) is 26.0 Å². The second-order valence-electron chi connectivity index (χ2n) is 3.86. The van der Waals surface area contributed by atoms with E-state index in [1.807, 2.05) is 13.8 Å². The summed E-state index contributed by atoms with van der Waals surface area (Å²) in [7, 11) is 0. The summed E-state index contributed by atoms with van der Waals surface area (Å²) in [6.07, 6.45) is -0.671. The van der Waals surface area contributed by atoms with Gasteiger partial charge in [0, 0.05) is 6.04 Å². The molecule has 0 aliphatic carbocycles. The Hall–Kier alpha value is -0.770. The number of aliphatic hydroxyl groups is 1. The third kappa shape index (κ3) is 3.70. The van der Waals surface area contributed by atoms with Gasteiger partial charge in [-0.05, 0) is 23.6 Å². The Morgan fingerprint density at radius 2 is 1.60 bits per heavy atom. The van der Waals surface area contributed by atoms with Crippen molar-refractivity contribution in [3.63, 3.8) is 0 Å². The zero-order valence-electron chi connectivity index (χ0n) is 8.92. The van der Waals surface area contributed by atoms with Crippen LogP contribution in [0.4, 0.5) is 0 Å². The molecule has 0 heterocycles. The number of phenolic OH excluding ortho intramolecular Hbond substituents is 1. The SMILES string of the molecule is CC(C)C(N)C(O)c1ccc(O)cc1.Cl. The van der Waals surface area contributed by atoms with Gasteiger partial charge in [-0.3, -0.25) is 0 Å². The van der Waals surface area contributed by atoms with E-state index in [9.17, 15) is 5.11 Å². The Labute approximate surface area is 96.3 Å². The van der Waals surface area contributed by atoms with E-state index >= 15 is 0 Å². The van der Waals surface area contributed by atoms with E-state index in [4.69, 9.17) is 10.8 Å². The summed E-state index contributed by atoms with van der Waals surface area (Å²) in [4.78, 5) is 0. The fraction of sp³-hybridized carbons (Fsp3) is 0.455. The van der Waals surface area contributed by atoms with Crippen LogP contribution < -0.4 is 5.73 Å². The second-order valence-corrected chi connectivity index (χ2v) is 3.86. The number of halogens is 1. The molecule has 1 aromatic rings. The molecule has 0 saturated heterocycles. The van der Waals surface area contributed by atoms with Crippen LogP contribution in [-0.4, -0.2) is 16.3 Å². The summed E-state index contributed by atoms with van der Waals surface area (Å²) in [6.45, 7) is 3.93. The first-order valence-electron chi connectivity index (χ1n) is 4.75. The first kappa shape index (κ1) is 14.2. The maximum atomic E-state index is 9.84. The molecule has 0 spiro atoms. The molecule has 15 heavy (non-hydrogen) atoms. The van der Waals surface area contributed by atoms with Gasteiger partial charge in [-0.1, -0.05) is 26.0 Å². The van der Waals surface area contributed by atoms with Crippen LogP contribution in [0.2, 0.25) is 0 Å². The molecule has 86 valence electrons. The predicted octanol–water partition coefficient (Wildman–Crippen LogP) is 1.83. The van der Waals surface area contributed by atoms with Gasteiger partial charge in [-0.25, -0.2) is 0 Å². The smallest absolute Gasteiger partial charge is 0.115 e. The van der Waals surface area contributed by atoms with Crippen LogP contribution in [-0.2, 0) is 0 Å². The highest BCUT2D eigenvalue weighted by Crippen LogP contribution is 2.21.